The number of carbonyl (C=O) groups is 1. The van der Waals surface area contributed by atoms with E-state index in [9.17, 15) is 18.0 Å². The largest absolute Gasteiger partial charge is 0.416 e. The number of alkyl halides is 4. The van der Waals surface area contributed by atoms with Crippen molar-refractivity contribution in [2.75, 3.05) is 17.5 Å². The van der Waals surface area contributed by atoms with Crippen LogP contribution in [0, 0.1) is 0 Å². The fraction of sp³-hybridized carbons (Fsp3) is 0.579. The molecule has 0 atom stereocenters. The lowest BCUT2D eigenvalue weighted by molar-refractivity contribution is -0.138. The second-order valence-electron chi connectivity index (χ2n) is 6.38. The van der Waals surface area contributed by atoms with Crippen LogP contribution >= 0.6 is 11.6 Å². The number of hydrogen-bond acceptors (Lipinski definition) is 3. The summed E-state index contributed by atoms with van der Waals surface area (Å²) < 4.78 is 40.4. The molecule has 150 valence electrons. The highest BCUT2D eigenvalue weighted by Crippen LogP contribution is 2.39. The average molecular weight is 405 g/mol. The summed E-state index contributed by atoms with van der Waals surface area (Å²) in [5, 5.41) is 4.04. The first-order valence-electron chi connectivity index (χ1n) is 9.09. The number of carbonyl (C=O) groups excluding carboxylic acids is 1. The zero-order chi connectivity index (χ0) is 20.0. The van der Waals surface area contributed by atoms with Crippen LogP contribution in [0.2, 0.25) is 0 Å². The highest BCUT2D eigenvalue weighted by molar-refractivity contribution is 6.29. The van der Waals surface area contributed by atoms with E-state index in [1.165, 1.54) is 11.0 Å². The molecule has 0 unspecified atom stereocenters. The van der Waals surface area contributed by atoms with Crippen LogP contribution in [0.1, 0.15) is 56.2 Å². The van der Waals surface area contributed by atoms with Crippen LogP contribution in [0.15, 0.2) is 17.3 Å². The normalized spacial score (nSPS) is 14.4. The Morgan fingerprint density at radius 2 is 1.89 bits per heavy atom. The summed E-state index contributed by atoms with van der Waals surface area (Å²) >= 11 is 5.72. The van der Waals surface area contributed by atoms with Crippen molar-refractivity contribution in [2.24, 2.45) is 5.16 Å². The highest BCUT2D eigenvalue weighted by atomic mass is 35.5. The maximum absolute atomic E-state index is 13.5. The van der Waals surface area contributed by atoms with Gasteiger partial charge in [0.25, 0.3) is 0 Å². The summed E-state index contributed by atoms with van der Waals surface area (Å²) in [5.74, 6) is -0.880. The topological polar surface area (TPSA) is 41.9 Å². The van der Waals surface area contributed by atoms with Crippen molar-refractivity contribution in [2.45, 2.75) is 58.5 Å². The molecule has 0 aliphatic heterocycles. The van der Waals surface area contributed by atoms with Gasteiger partial charge in [0.2, 0.25) is 5.91 Å². The van der Waals surface area contributed by atoms with E-state index in [2.05, 4.69) is 5.16 Å². The SMILES string of the molecule is CCc1ccc(C(F)(F)F)c(CC)c1N(CON=C1CCCC1)C(=O)CCl. The third kappa shape index (κ3) is 5.15. The summed E-state index contributed by atoms with van der Waals surface area (Å²) in [7, 11) is 0. The lowest BCUT2D eigenvalue weighted by Gasteiger charge is -2.27. The van der Waals surface area contributed by atoms with E-state index in [0.29, 0.717) is 12.0 Å². The fourth-order valence-corrected chi connectivity index (χ4v) is 3.46. The Morgan fingerprint density at radius 3 is 2.41 bits per heavy atom. The summed E-state index contributed by atoms with van der Waals surface area (Å²) in [5.41, 5.74) is 1.09. The minimum Gasteiger partial charge on any atom is -0.373 e. The Bertz CT molecular complexity index is 697. The standard InChI is InChI=1S/C19H24ClF3N2O2/c1-3-13-9-10-16(19(21,22)23)15(4-2)18(13)25(17(26)11-20)12-27-24-14-7-5-6-8-14/h9-10H,3-8,11-12H2,1-2H3. The molecule has 0 bridgehead atoms. The molecule has 1 aromatic carbocycles. The summed E-state index contributed by atoms with van der Waals surface area (Å²) in [6.45, 7) is 3.20. The Labute approximate surface area is 162 Å². The summed E-state index contributed by atoms with van der Waals surface area (Å²) in [6.07, 6.45) is -0.145. The Morgan fingerprint density at radius 1 is 1.22 bits per heavy atom. The third-order valence-electron chi connectivity index (χ3n) is 4.65. The number of amides is 1. The van der Waals surface area contributed by atoms with E-state index in [-0.39, 0.29) is 30.3 Å². The number of anilines is 1. The third-order valence-corrected chi connectivity index (χ3v) is 4.88. The van der Waals surface area contributed by atoms with Crippen molar-refractivity contribution in [3.8, 4) is 0 Å². The monoisotopic (exact) mass is 404 g/mol. The number of nitrogens with zero attached hydrogens (tertiary/aromatic N) is 2. The molecule has 0 spiro atoms. The highest BCUT2D eigenvalue weighted by Gasteiger charge is 2.36. The van der Waals surface area contributed by atoms with Crippen LogP contribution < -0.4 is 4.90 Å². The lowest BCUT2D eigenvalue weighted by atomic mass is 9.96. The summed E-state index contributed by atoms with van der Waals surface area (Å²) in [4.78, 5) is 18.9. The zero-order valence-corrected chi connectivity index (χ0v) is 16.3. The molecule has 0 heterocycles. The molecule has 1 aromatic rings. The first-order chi connectivity index (χ1) is 12.8. The molecule has 0 saturated heterocycles. The second kappa shape index (κ2) is 9.44. The van der Waals surface area contributed by atoms with Crippen LogP contribution in [0.5, 0.6) is 0 Å². The van der Waals surface area contributed by atoms with Gasteiger partial charge in [-0.1, -0.05) is 25.1 Å². The predicted octanol–water partition coefficient (Wildman–Crippen LogP) is 5.31. The smallest absolute Gasteiger partial charge is 0.373 e. The van der Waals surface area contributed by atoms with Crippen molar-refractivity contribution >= 4 is 28.9 Å². The fourth-order valence-electron chi connectivity index (χ4n) is 3.32. The van der Waals surface area contributed by atoms with Crippen LogP contribution in [0.25, 0.3) is 0 Å². The number of hydrogen-bond donors (Lipinski definition) is 0. The molecule has 1 amide bonds. The molecule has 4 nitrogen and oxygen atoms in total. The Balaban J connectivity index is 2.46. The molecule has 0 N–H and O–H groups in total. The Kier molecular flexibility index (Phi) is 7.53. The van der Waals surface area contributed by atoms with E-state index in [1.54, 1.807) is 6.92 Å². The maximum Gasteiger partial charge on any atom is 0.416 e. The molecule has 0 radical (unpaired) electrons. The van der Waals surface area contributed by atoms with E-state index < -0.39 is 17.6 Å². The van der Waals surface area contributed by atoms with Crippen LogP contribution in [-0.2, 0) is 28.7 Å². The van der Waals surface area contributed by atoms with Crippen LogP contribution in [0.3, 0.4) is 0 Å². The van der Waals surface area contributed by atoms with E-state index >= 15 is 0 Å². The van der Waals surface area contributed by atoms with Crippen molar-refractivity contribution in [1.29, 1.82) is 0 Å². The molecule has 1 aliphatic carbocycles. The first kappa shape index (κ1) is 21.5. The quantitative estimate of drug-likeness (QED) is 0.351. The van der Waals surface area contributed by atoms with Crippen LogP contribution in [0.4, 0.5) is 18.9 Å². The second-order valence-corrected chi connectivity index (χ2v) is 6.65. The van der Waals surface area contributed by atoms with Gasteiger partial charge in [-0.3, -0.25) is 9.69 Å². The van der Waals surface area contributed by atoms with Crippen molar-refractivity contribution in [3.63, 3.8) is 0 Å². The van der Waals surface area contributed by atoms with Gasteiger partial charge < -0.3 is 4.84 Å². The van der Waals surface area contributed by atoms with Crippen molar-refractivity contribution in [3.05, 3.63) is 28.8 Å². The van der Waals surface area contributed by atoms with E-state index in [1.807, 2.05) is 6.92 Å². The molecule has 1 saturated carbocycles. The number of aryl methyl sites for hydroxylation is 1. The van der Waals surface area contributed by atoms with Crippen molar-refractivity contribution in [1.82, 2.24) is 0 Å². The van der Waals surface area contributed by atoms with Gasteiger partial charge in [-0.05, 0) is 55.7 Å². The van der Waals surface area contributed by atoms with E-state index in [0.717, 1.165) is 37.5 Å². The molecule has 27 heavy (non-hydrogen) atoms. The molecule has 1 fully saturated rings. The molecule has 1 aliphatic rings. The minimum absolute atomic E-state index is 0.0671. The number of rotatable bonds is 7. The number of halogens is 4. The molecule has 0 aromatic heterocycles. The van der Waals surface area contributed by atoms with Crippen LogP contribution in [-0.4, -0.2) is 24.2 Å². The van der Waals surface area contributed by atoms with Gasteiger partial charge in [0, 0.05) is 0 Å². The van der Waals surface area contributed by atoms with Gasteiger partial charge in [-0.25, -0.2) is 0 Å². The summed E-state index contributed by atoms with van der Waals surface area (Å²) in [6, 6.07) is 2.48. The number of benzene rings is 1. The zero-order valence-electron chi connectivity index (χ0n) is 15.5. The van der Waals surface area contributed by atoms with Gasteiger partial charge in [-0.2, -0.15) is 13.2 Å². The first-order valence-corrected chi connectivity index (χ1v) is 9.62. The molecule has 2 rings (SSSR count). The van der Waals surface area contributed by atoms with Gasteiger partial charge in [0.05, 0.1) is 17.0 Å². The average Bonchev–Trinajstić information content (AvgIpc) is 3.16. The molecular formula is C19H24ClF3N2O2. The van der Waals surface area contributed by atoms with Gasteiger partial charge in [-0.15, -0.1) is 11.6 Å². The lowest BCUT2D eigenvalue weighted by Crippen LogP contribution is -2.35. The minimum atomic E-state index is -4.51. The molecular weight excluding hydrogens is 381 g/mol. The molecule has 8 heteroatoms. The van der Waals surface area contributed by atoms with Gasteiger partial charge in [0.1, 0.15) is 5.88 Å². The van der Waals surface area contributed by atoms with Gasteiger partial charge in [0.15, 0.2) is 6.73 Å². The van der Waals surface area contributed by atoms with E-state index in [4.69, 9.17) is 16.4 Å². The Hall–Kier alpha value is -1.76. The maximum atomic E-state index is 13.5. The predicted molar refractivity (Wildman–Crippen MR) is 100 cm³/mol. The number of oxime groups is 1. The van der Waals surface area contributed by atoms with Crippen molar-refractivity contribution < 1.29 is 22.8 Å². The van der Waals surface area contributed by atoms with Gasteiger partial charge >= 0.3 is 6.18 Å².